The van der Waals surface area contributed by atoms with E-state index in [0.717, 1.165) is 44.8 Å². The van der Waals surface area contributed by atoms with Gasteiger partial charge in [0.25, 0.3) is 0 Å². The average molecular weight is 340 g/mol. The van der Waals surface area contributed by atoms with Crippen molar-refractivity contribution in [3.8, 4) is 6.07 Å². The fourth-order valence-corrected chi connectivity index (χ4v) is 3.43. The van der Waals surface area contributed by atoms with Gasteiger partial charge in [0, 0.05) is 43.3 Å². The van der Waals surface area contributed by atoms with Gasteiger partial charge >= 0.3 is 6.03 Å². The van der Waals surface area contributed by atoms with E-state index in [1.54, 1.807) is 35.6 Å². The first kappa shape index (κ1) is 16.5. The third-order valence-corrected chi connectivity index (χ3v) is 5.12. The number of hydrogen-bond acceptors (Lipinski definition) is 4. The van der Waals surface area contributed by atoms with Crippen LogP contribution >= 0.6 is 11.3 Å². The van der Waals surface area contributed by atoms with Crippen LogP contribution in [-0.4, -0.2) is 48.6 Å². The van der Waals surface area contributed by atoms with Crippen molar-refractivity contribution in [3.63, 3.8) is 0 Å². The maximum absolute atomic E-state index is 12.3. The first-order valence-corrected chi connectivity index (χ1v) is 8.93. The van der Waals surface area contributed by atoms with Gasteiger partial charge in [0.1, 0.15) is 0 Å². The Labute approximate surface area is 146 Å². The second-order valence-corrected chi connectivity index (χ2v) is 6.81. The van der Waals surface area contributed by atoms with Crippen molar-refractivity contribution in [2.24, 2.45) is 0 Å². The van der Waals surface area contributed by atoms with E-state index >= 15 is 0 Å². The molecule has 0 radical (unpaired) electrons. The average Bonchev–Trinajstić information content (AvgIpc) is 3.14. The van der Waals surface area contributed by atoms with Crippen LogP contribution in [0.25, 0.3) is 0 Å². The Morgan fingerprint density at radius 1 is 1.17 bits per heavy atom. The Morgan fingerprint density at radius 2 is 1.92 bits per heavy atom. The summed E-state index contributed by atoms with van der Waals surface area (Å²) in [6.07, 6.45) is 1.08. The number of hydrogen-bond donors (Lipinski definition) is 1. The summed E-state index contributed by atoms with van der Waals surface area (Å²) in [5.41, 5.74) is 1.31. The second-order valence-electron chi connectivity index (χ2n) is 5.78. The number of amides is 2. The number of carbonyl (C=O) groups is 1. The molecule has 24 heavy (non-hydrogen) atoms. The Morgan fingerprint density at radius 3 is 2.54 bits per heavy atom. The summed E-state index contributed by atoms with van der Waals surface area (Å²) in [5, 5.41) is 13.8. The SMILES string of the molecule is N#Cc1ccc(NC(=O)N2CCN(CCc3cccs3)CC2)cc1. The van der Waals surface area contributed by atoms with E-state index in [0.29, 0.717) is 5.56 Å². The van der Waals surface area contributed by atoms with Gasteiger partial charge < -0.3 is 10.2 Å². The highest BCUT2D eigenvalue weighted by Crippen LogP contribution is 2.13. The van der Waals surface area contributed by atoms with Crippen LogP contribution in [0.2, 0.25) is 0 Å². The minimum Gasteiger partial charge on any atom is -0.322 e. The van der Waals surface area contributed by atoms with Crippen LogP contribution < -0.4 is 5.32 Å². The molecule has 3 rings (SSSR count). The van der Waals surface area contributed by atoms with Crippen LogP contribution in [0.1, 0.15) is 10.4 Å². The highest BCUT2D eigenvalue weighted by Gasteiger charge is 2.20. The molecule has 6 heteroatoms. The number of piperazine rings is 1. The highest BCUT2D eigenvalue weighted by atomic mass is 32.1. The zero-order valence-electron chi connectivity index (χ0n) is 13.4. The number of carbonyl (C=O) groups excluding carboxylic acids is 1. The molecule has 1 N–H and O–H groups in total. The number of nitriles is 1. The molecule has 0 aliphatic carbocycles. The molecule has 0 atom stereocenters. The molecule has 2 amide bonds. The third kappa shape index (κ3) is 4.34. The van der Waals surface area contributed by atoms with Gasteiger partial charge in [-0.3, -0.25) is 4.90 Å². The lowest BCUT2D eigenvalue weighted by Crippen LogP contribution is -2.50. The number of benzene rings is 1. The molecule has 2 aromatic rings. The Hall–Kier alpha value is -2.36. The van der Waals surface area contributed by atoms with Crippen LogP contribution in [0.5, 0.6) is 0 Å². The molecule has 0 spiro atoms. The van der Waals surface area contributed by atoms with E-state index in [1.807, 2.05) is 4.90 Å². The number of rotatable bonds is 4. The van der Waals surface area contributed by atoms with Crippen molar-refractivity contribution in [1.82, 2.24) is 9.80 Å². The molecular weight excluding hydrogens is 320 g/mol. The topological polar surface area (TPSA) is 59.4 Å². The Balaban J connectivity index is 1.43. The van der Waals surface area contributed by atoms with Crippen molar-refractivity contribution in [1.29, 1.82) is 5.26 Å². The third-order valence-electron chi connectivity index (χ3n) is 4.18. The summed E-state index contributed by atoms with van der Waals surface area (Å²) in [6.45, 7) is 4.35. The number of nitrogens with zero attached hydrogens (tertiary/aromatic N) is 3. The normalized spacial score (nSPS) is 15.0. The zero-order chi connectivity index (χ0) is 16.8. The van der Waals surface area contributed by atoms with Crippen molar-refractivity contribution in [2.45, 2.75) is 6.42 Å². The second kappa shape index (κ2) is 7.95. The molecule has 1 aliphatic rings. The van der Waals surface area contributed by atoms with Crippen molar-refractivity contribution < 1.29 is 4.79 Å². The molecule has 1 aromatic heterocycles. The lowest BCUT2D eigenvalue weighted by Gasteiger charge is -2.34. The molecule has 1 fully saturated rings. The quantitative estimate of drug-likeness (QED) is 0.931. The van der Waals surface area contributed by atoms with Gasteiger partial charge in [-0.15, -0.1) is 11.3 Å². The van der Waals surface area contributed by atoms with Gasteiger partial charge in [0.15, 0.2) is 0 Å². The molecule has 124 valence electrons. The zero-order valence-corrected chi connectivity index (χ0v) is 14.3. The van der Waals surface area contributed by atoms with E-state index in [2.05, 4.69) is 33.8 Å². The summed E-state index contributed by atoms with van der Waals surface area (Å²) in [7, 11) is 0. The maximum Gasteiger partial charge on any atom is 0.321 e. The van der Waals surface area contributed by atoms with Crippen LogP contribution in [-0.2, 0) is 6.42 Å². The van der Waals surface area contributed by atoms with Gasteiger partial charge in [-0.2, -0.15) is 5.26 Å². The van der Waals surface area contributed by atoms with Gasteiger partial charge in [0.2, 0.25) is 0 Å². The molecule has 0 saturated carbocycles. The molecule has 1 saturated heterocycles. The van der Waals surface area contributed by atoms with Crippen molar-refractivity contribution >= 4 is 23.1 Å². The predicted molar refractivity (Wildman–Crippen MR) is 96.2 cm³/mol. The highest BCUT2D eigenvalue weighted by molar-refractivity contribution is 7.09. The van der Waals surface area contributed by atoms with Crippen LogP contribution in [0, 0.1) is 11.3 Å². The largest absolute Gasteiger partial charge is 0.322 e. The summed E-state index contributed by atoms with van der Waals surface area (Å²) in [4.78, 5) is 18.0. The molecular formula is C18H20N4OS. The minimum absolute atomic E-state index is 0.0717. The van der Waals surface area contributed by atoms with Crippen LogP contribution in [0.3, 0.4) is 0 Å². The van der Waals surface area contributed by atoms with E-state index in [9.17, 15) is 4.79 Å². The lowest BCUT2D eigenvalue weighted by atomic mass is 10.2. The van der Waals surface area contributed by atoms with E-state index < -0.39 is 0 Å². The summed E-state index contributed by atoms with van der Waals surface area (Å²) in [5.74, 6) is 0. The number of thiophene rings is 1. The minimum atomic E-state index is -0.0717. The smallest absolute Gasteiger partial charge is 0.321 e. The number of nitrogens with one attached hydrogen (secondary N) is 1. The number of anilines is 1. The van der Waals surface area contributed by atoms with E-state index in [1.165, 1.54) is 4.88 Å². The standard InChI is InChI=1S/C18H20N4OS/c19-14-15-3-5-16(6-4-15)20-18(23)22-11-9-21(10-12-22)8-7-17-2-1-13-24-17/h1-6,13H,7-12H2,(H,20,23). The van der Waals surface area contributed by atoms with Gasteiger partial charge in [-0.25, -0.2) is 4.79 Å². The van der Waals surface area contributed by atoms with Crippen LogP contribution in [0.15, 0.2) is 41.8 Å². The summed E-state index contributed by atoms with van der Waals surface area (Å²) < 4.78 is 0. The van der Waals surface area contributed by atoms with Gasteiger partial charge in [0.05, 0.1) is 11.6 Å². The monoisotopic (exact) mass is 340 g/mol. The van der Waals surface area contributed by atoms with Crippen molar-refractivity contribution in [2.75, 3.05) is 38.0 Å². The lowest BCUT2D eigenvalue weighted by molar-refractivity contribution is 0.148. The Kier molecular flexibility index (Phi) is 5.47. The maximum atomic E-state index is 12.3. The predicted octanol–water partition coefficient (Wildman–Crippen LogP) is 3.01. The molecule has 1 aliphatic heterocycles. The van der Waals surface area contributed by atoms with E-state index in [-0.39, 0.29) is 6.03 Å². The molecule has 2 heterocycles. The molecule has 0 unspecified atom stereocenters. The van der Waals surface area contributed by atoms with Gasteiger partial charge in [-0.1, -0.05) is 6.07 Å². The van der Waals surface area contributed by atoms with Gasteiger partial charge in [-0.05, 0) is 42.1 Å². The first-order chi connectivity index (χ1) is 11.7. The number of urea groups is 1. The molecule has 5 nitrogen and oxygen atoms in total. The Bertz CT molecular complexity index is 698. The fraction of sp³-hybridized carbons (Fsp3) is 0.333. The van der Waals surface area contributed by atoms with Crippen LogP contribution in [0.4, 0.5) is 10.5 Å². The summed E-state index contributed by atoms with van der Waals surface area (Å²) in [6, 6.07) is 13.2. The van der Waals surface area contributed by atoms with E-state index in [4.69, 9.17) is 5.26 Å². The first-order valence-electron chi connectivity index (χ1n) is 8.05. The van der Waals surface area contributed by atoms with Crippen molar-refractivity contribution in [3.05, 3.63) is 52.2 Å². The summed E-state index contributed by atoms with van der Waals surface area (Å²) >= 11 is 1.80. The molecule has 1 aromatic carbocycles. The fourth-order valence-electron chi connectivity index (χ4n) is 2.73. The molecule has 0 bridgehead atoms.